The van der Waals surface area contributed by atoms with E-state index in [-0.39, 0.29) is 0 Å². The van der Waals surface area contributed by atoms with Crippen LogP contribution in [0.25, 0.3) is 22.5 Å². The Morgan fingerprint density at radius 1 is 0.553 bits per heavy atom. The van der Waals surface area contributed by atoms with E-state index < -0.39 is 5.54 Å². The summed E-state index contributed by atoms with van der Waals surface area (Å²) in [7, 11) is 1.92. The molecule has 0 bridgehead atoms. The zero-order chi connectivity index (χ0) is 25.8. The Morgan fingerprint density at radius 2 is 1.03 bits per heavy atom. The van der Waals surface area contributed by atoms with E-state index >= 15 is 0 Å². The lowest BCUT2D eigenvalue weighted by Gasteiger charge is -2.36. The van der Waals surface area contributed by atoms with Crippen molar-refractivity contribution in [3.05, 3.63) is 156 Å². The highest BCUT2D eigenvalue weighted by atomic mass is 15.6. The van der Waals surface area contributed by atoms with Crippen LogP contribution in [0.5, 0.6) is 0 Å². The first kappa shape index (κ1) is 23.4. The summed E-state index contributed by atoms with van der Waals surface area (Å²) in [6.07, 6.45) is 0. The smallest absolute Gasteiger partial charge is 0.184 e. The van der Waals surface area contributed by atoms with E-state index in [4.69, 9.17) is 5.21 Å². The molecule has 0 saturated heterocycles. The number of aromatic nitrogens is 4. The van der Waals surface area contributed by atoms with E-state index in [2.05, 4.69) is 131 Å². The maximum Gasteiger partial charge on any atom is 0.184 e. The van der Waals surface area contributed by atoms with Crippen LogP contribution in [-0.2, 0) is 5.54 Å². The van der Waals surface area contributed by atoms with Crippen LogP contribution in [0.1, 0.15) is 16.7 Å². The topological polar surface area (TPSA) is 55.6 Å². The van der Waals surface area contributed by atoms with Crippen molar-refractivity contribution in [2.75, 3.05) is 12.4 Å². The zero-order valence-corrected chi connectivity index (χ0v) is 21.1. The van der Waals surface area contributed by atoms with Crippen LogP contribution >= 0.6 is 0 Å². The van der Waals surface area contributed by atoms with Gasteiger partial charge in [0.05, 0.1) is 0 Å². The number of hydrogen-bond acceptors (Lipinski definition) is 4. The van der Waals surface area contributed by atoms with E-state index in [1.165, 1.54) is 0 Å². The van der Waals surface area contributed by atoms with Crippen LogP contribution in [0.15, 0.2) is 140 Å². The molecule has 5 heteroatoms. The summed E-state index contributed by atoms with van der Waals surface area (Å²) in [4.78, 5) is 0. The van der Waals surface area contributed by atoms with Crippen molar-refractivity contribution in [3.8, 4) is 22.5 Å². The van der Waals surface area contributed by atoms with Crippen molar-refractivity contribution in [1.29, 1.82) is 0 Å². The van der Waals surface area contributed by atoms with Crippen LogP contribution in [0.2, 0.25) is 0 Å². The molecule has 1 heterocycles. The minimum atomic E-state index is -0.800. The predicted molar refractivity (Wildman–Crippen MR) is 153 cm³/mol. The van der Waals surface area contributed by atoms with E-state index in [1.54, 1.807) is 0 Å². The van der Waals surface area contributed by atoms with E-state index in [1.807, 2.05) is 36.0 Å². The van der Waals surface area contributed by atoms with Crippen molar-refractivity contribution < 1.29 is 0 Å². The largest absolute Gasteiger partial charge is 0.388 e. The fourth-order valence-corrected chi connectivity index (χ4v) is 5.23. The summed E-state index contributed by atoms with van der Waals surface area (Å²) in [5, 5.41) is 16.8. The van der Waals surface area contributed by atoms with Gasteiger partial charge in [0.15, 0.2) is 5.82 Å². The molecule has 0 radical (unpaired) electrons. The lowest BCUT2D eigenvalue weighted by molar-refractivity contribution is 0.451. The number of rotatable bonds is 7. The fourth-order valence-electron chi connectivity index (χ4n) is 5.23. The molecule has 0 fully saturated rings. The molecule has 1 aromatic heterocycles. The average Bonchev–Trinajstić information content (AvgIpc) is 3.49. The minimum Gasteiger partial charge on any atom is -0.388 e. The third-order valence-corrected chi connectivity index (χ3v) is 7.01. The quantitative estimate of drug-likeness (QED) is 0.246. The maximum atomic E-state index is 4.70. The summed E-state index contributed by atoms with van der Waals surface area (Å²) < 4.78 is 1.98. The van der Waals surface area contributed by atoms with Crippen LogP contribution in [0.3, 0.4) is 0 Å². The van der Waals surface area contributed by atoms with Crippen molar-refractivity contribution >= 4 is 5.69 Å². The summed E-state index contributed by atoms with van der Waals surface area (Å²) in [5.74, 6) is 0.690. The SMILES string of the molecule is CNc1ccc(-c2ccccc2-c2nnnn2C(c2ccccc2)(c2ccccc2)c2ccccc2)cc1. The van der Waals surface area contributed by atoms with E-state index in [0.29, 0.717) is 5.82 Å². The molecule has 1 N–H and O–H groups in total. The number of benzene rings is 5. The molecule has 0 unspecified atom stereocenters. The van der Waals surface area contributed by atoms with Gasteiger partial charge in [0.2, 0.25) is 0 Å². The summed E-state index contributed by atoms with van der Waals surface area (Å²) in [6.45, 7) is 0. The first-order chi connectivity index (χ1) is 18.8. The molecule has 0 amide bonds. The molecule has 0 saturated carbocycles. The lowest BCUT2D eigenvalue weighted by atomic mass is 9.77. The summed E-state index contributed by atoms with van der Waals surface area (Å²) in [6, 6.07) is 48.1. The normalized spacial score (nSPS) is 11.3. The first-order valence-electron chi connectivity index (χ1n) is 12.7. The molecule has 0 aliphatic rings. The Bertz CT molecular complexity index is 1530. The molecule has 6 rings (SSSR count). The van der Waals surface area contributed by atoms with Crippen LogP contribution in [-0.4, -0.2) is 27.3 Å². The second kappa shape index (κ2) is 10.1. The molecule has 0 aliphatic carbocycles. The van der Waals surface area contributed by atoms with Gasteiger partial charge in [-0.3, -0.25) is 0 Å². The van der Waals surface area contributed by atoms with Gasteiger partial charge in [0.25, 0.3) is 0 Å². The van der Waals surface area contributed by atoms with Gasteiger partial charge >= 0.3 is 0 Å². The Kier molecular flexibility index (Phi) is 6.24. The summed E-state index contributed by atoms with van der Waals surface area (Å²) >= 11 is 0. The highest BCUT2D eigenvalue weighted by Crippen LogP contribution is 2.43. The second-order valence-corrected chi connectivity index (χ2v) is 9.10. The molecule has 0 aliphatic heterocycles. The van der Waals surface area contributed by atoms with Gasteiger partial charge in [0.1, 0.15) is 5.54 Å². The van der Waals surface area contributed by atoms with Gasteiger partial charge in [0, 0.05) is 18.3 Å². The van der Waals surface area contributed by atoms with Gasteiger partial charge in [-0.1, -0.05) is 127 Å². The third kappa shape index (κ3) is 3.95. The minimum absolute atomic E-state index is 0.690. The van der Waals surface area contributed by atoms with Gasteiger partial charge in [-0.05, 0) is 50.4 Å². The Balaban J connectivity index is 1.66. The Hall–Kier alpha value is -5.03. The maximum absolute atomic E-state index is 4.70. The molecule has 0 atom stereocenters. The predicted octanol–water partition coefficient (Wildman–Crippen LogP) is 6.89. The number of anilines is 1. The molecule has 0 spiro atoms. The summed E-state index contributed by atoms with van der Waals surface area (Å²) in [5.41, 5.74) is 6.60. The zero-order valence-electron chi connectivity index (χ0n) is 21.1. The van der Waals surface area contributed by atoms with Gasteiger partial charge in [-0.15, -0.1) is 5.10 Å². The fraction of sp³-hybridized carbons (Fsp3) is 0.0606. The van der Waals surface area contributed by atoms with Crippen molar-refractivity contribution in [1.82, 2.24) is 20.2 Å². The molecular weight excluding hydrogens is 466 g/mol. The van der Waals surface area contributed by atoms with Crippen molar-refractivity contribution in [3.63, 3.8) is 0 Å². The van der Waals surface area contributed by atoms with Gasteiger partial charge < -0.3 is 5.32 Å². The second-order valence-electron chi connectivity index (χ2n) is 9.10. The molecule has 6 aromatic rings. The van der Waals surface area contributed by atoms with Gasteiger partial charge in [-0.2, -0.15) is 0 Å². The number of tetrazole rings is 1. The first-order valence-corrected chi connectivity index (χ1v) is 12.7. The van der Waals surface area contributed by atoms with Crippen LogP contribution < -0.4 is 5.32 Å². The van der Waals surface area contributed by atoms with Crippen LogP contribution in [0, 0.1) is 0 Å². The third-order valence-electron chi connectivity index (χ3n) is 7.01. The lowest BCUT2D eigenvalue weighted by Crippen LogP contribution is -2.39. The number of nitrogens with one attached hydrogen (secondary N) is 1. The molecule has 38 heavy (non-hydrogen) atoms. The number of nitrogens with zero attached hydrogens (tertiary/aromatic N) is 4. The Labute approximate surface area is 222 Å². The molecule has 5 nitrogen and oxygen atoms in total. The molecule has 5 aromatic carbocycles. The molecular formula is C33H27N5. The Morgan fingerprint density at radius 3 is 1.53 bits per heavy atom. The van der Waals surface area contributed by atoms with E-state index in [0.717, 1.165) is 39.1 Å². The standard InChI is InChI=1S/C33H27N5/c1-34-29-23-21-25(22-24-29)30-19-11-12-20-31(30)32-35-36-37-38(32)33(26-13-5-2-6-14-26,27-15-7-3-8-16-27)28-17-9-4-10-18-28/h2-24,34H,1H3. The van der Waals surface area contributed by atoms with Crippen molar-refractivity contribution in [2.45, 2.75) is 5.54 Å². The molecule has 184 valence electrons. The highest BCUT2D eigenvalue weighted by Gasteiger charge is 2.42. The monoisotopic (exact) mass is 493 g/mol. The van der Waals surface area contributed by atoms with Crippen LogP contribution in [0.4, 0.5) is 5.69 Å². The van der Waals surface area contributed by atoms with E-state index in [9.17, 15) is 0 Å². The highest BCUT2D eigenvalue weighted by molar-refractivity contribution is 5.81. The number of hydrogen-bond donors (Lipinski definition) is 1. The average molecular weight is 494 g/mol. The van der Waals surface area contributed by atoms with Crippen molar-refractivity contribution in [2.24, 2.45) is 0 Å². The van der Waals surface area contributed by atoms with Gasteiger partial charge in [-0.25, -0.2) is 4.68 Å².